The van der Waals surface area contributed by atoms with E-state index in [1.807, 2.05) is 0 Å². The fraction of sp³-hybridized carbons (Fsp3) is 0.417. The molecule has 176 valence electrons. The first-order valence-corrected chi connectivity index (χ1v) is 12.5. The van der Waals surface area contributed by atoms with Crippen LogP contribution < -0.4 is 10.6 Å². The fourth-order valence-electron chi connectivity index (χ4n) is 5.10. The van der Waals surface area contributed by atoms with E-state index in [2.05, 4.69) is 21.8 Å². The van der Waals surface area contributed by atoms with E-state index in [1.165, 1.54) is 27.3 Å². The zero-order valence-electron chi connectivity index (χ0n) is 18.9. The van der Waals surface area contributed by atoms with Crippen LogP contribution in [0.15, 0.2) is 35.4 Å². The van der Waals surface area contributed by atoms with Gasteiger partial charge in [0.1, 0.15) is 23.5 Å². The van der Waals surface area contributed by atoms with Gasteiger partial charge in [0, 0.05) is 36.7 Å². The summed E-state index contributed by atoms with van der Waals surface area (Å²) in [5.41, 5.74) is 2.36. The number of carbonyl (C=O) groups excluding carboxylic acids is 1. The van der Waals surface area contributed by atoms with Gasteiger partial charge in [-0.2, -0.15) is 4.98 Å². The van der Waals surface area contributed by atoms with E-state index in [4.69, 9.17) is 0 Å². The lowest BCUT2D eigenvalue weighted by Crippen LogP contribution is -2.50. The minimum absolute atomic E-state index is 0.0763. The molecule has 1 aromatic carbocycles. The maximum absolute atomic E-state index is 13.2. The highest BCUT2D eigenvalue weighted by atomic mass is 32.1. The van der Waals surface area contributed by atoms with Gasteiger partial charge in [-0.25, -0.2) is 23.4 Å². The first kappa shape index (κ1) is 21.3. The standard InChI is InChI=1S/C24H25FN6O2S/c1-15-2-7-18-19(12-15)34-23-21(18)22-27-24(33)30(31(22)14-26-23)13-20(32)29-10-8-28(9-11-29)17-5-3-16(25)4-6-17/h3-6,14-15H,2,7-13H2,1H3/t15-/m1/s1. The number of carbonyl (C=O) groups is 1. The molecule has 1 aliphatic heterocycles. The van der Waals surface area contributed by atoms with Gasteiger partial charge < -0.3 is 9.80 Å². The highest BCUT2D eigenvalue weighted by Crippen LogP contribution is 2.38. The minimum atomic E-state index is -0.434. The van der Waals surface area contributed by atoms with Crippen molar-refractivity contribution >= 4 is 38.8 Å². The summed E-state index contributed by atoms with van der Waals surface area (Å²) in [6.45, 7) is 4.58. The molecule has 4 aromatic rings. The number of piperazine rings is 1. The van der Waals surface area contributed by atoms with Crippen LogP contribution in [0, 0.1) is 11.7 Å². The largest absolute Gasteiger partial charge is 0.368 e. The molecule has 0 N–H and O–H groups in total. The van der Waals surface area contributed by atoms with Gasteiger partial charge in [-0.1, -0.05) is 6.92 Å². The van der Waals surface area contributed by atoms with E-state index in [0.717, 1.165) is 35.2 Å². The molecular formula is C24H25FN6O2S. The zero-order chi connectivity index (χ0) is 23.4. The third-order valence-electron chi connectivity index (χ3n) is 7.01. The quantitative estimate of drug-likeness (QED) is 0.451. The Balaban J connectivity index is 1.23. The van der Waals surface area contributed by atoms with Crippen molar-refractivity contribution in [1.29, 1.82) is 0 Å². The number of aryl methyl sites for hydroxylation is 1. The molecule has 0 radical (unpaired) electrons. The number of hydrogen-bond acceptors (Lipinski definition) is 6. The Kier molecular flexibility index (Phi) is 5.13. The third kappa shape index (κ3) is 3.56. The molecule has 0 spiro atoms. The summed E-state index contributed by atoms with van der Waals surface area (Å²) in [6, 6.07) is 6.39. The molecular weight excluding hydrogens is 455 g/mol. The Morgan fingerprint density at radius 1 is 1.18 bits per heavy atom. The molecule has 8 nitrogen and oxygen atoms in total. The Labute approximate surface area is 199 Å². The second-order valence-electron chi connectivity index (χ2n) is 9.24. The van der Waals surface area contributed by atoms with Crippen LogP contribution in [-0.2, 0) is 24.2 Å². The topological polar surface area (TPSA) is 75.7 Å². The van der Waals surface area contributed by atoms with Gasteiger partial charge in [0.25, 0.3) is 0 Å². The predicted octanol–water partition coefficient (Wildman–Crippen LogP) is 2.72. The minimum Gasteiger partial charge on any atom is -0.368 e. The molecule has 34 heavy (non-hydrogen) atoms. The smallest absolute Gasteiger partial charge is 0.365 e. The van der Waals surface area contributed by atoms with Crippen molar-refractivity contribution in [3.63, 3.8) is 0 Å². The summed E-state index contributed by atoms with van der Waals surface area (Å²) in [4.78, 5) is 41.0. The maximum Gasteiger partial charge on any atom is 0.365 e. The SMILES string of the molecule is C[C@@H]1CCc2c(sc3ncn4c(nc(=O)n4CC(=O)N4CCN(c5ccc(F)cc5)CC4)c23)C1. The fourth-order valence-corrected chi connectivity index (χ4v) is 6.44. The van der Waals surface area contributed by atoms with Crippen molar-refractivity contribution in [2.75, 3.05) is 31.1 Å². The van der Waals surface area contributed by atoms with Gasteiger partial charge in [0.2, 0.25) is 5.91 Å². The van der Waals surface area contributed by atoms with Crippen molar-refractivity contribution < 1.29 is 9.18 Å². The lowest BCUT2D eigenvalue weighted by Gasteiger charge is -2.36. The number of benzene rings is 1. The molecule has 0 bridgehead atoms. The first-order chi connectivity index (χ1) is 16.5. The molecule has 0 saturated carbocycles. The van der Waals surface area contributed by atoms with Gasteiger partial charge in [0.15, 0.2) is 5.65 Å². The van der Waals surface area contributed by atoms with Crippen molar-refractivity contribution in [1.82, 2.24) is 24.1 Å². The Morgan fingerprint density at radius 2 is 1.94 bits per heavy atom. The normalized spacial score (nSPS) is 18.6. The molecule has 1 fully saturated rings. The molecule has 4 heterocycles. The average molecular weight is 481 g/mol. The maximum atomic E-state index is 13.2. The van der Waals surface area contributed by atoms with Gasteiger partial charge in [-0.3, -0.25) is 4.79 Å². The predicted molar refractivity (Wildman–Crippen MR) is 129 cm³/mol. The summed E-state index contributed by atoms with van der Waals surface area (Å²) >= 11 is 1.69. The summed E-state index contributed by atoms with van der Waals surface area (Å²) in [7, 11) is 0. The van der Waals surface area contributed by atoms with Gasteiger partial charge in [-0.15, -0.1) is 11.3 Å². The molecule has 1 saturated heterocycles. The highest BCUT2D eigenvalue weighted by molar-refractivity contribution is 7.19. The van der Waals surface area contributed by atoms with E-state index < -0.39 is 5.69 Å². The van der Waals surface area contributed by atoms with Crippen molar-refractivity contribution in [2.45, 2.75) is 32.7 Å². The van der Waals surface area contributed by atoms with Gasteiger partial charge in [0.05, 0.1) is 5.39 Å². The molecule has 2 aliphatic rings. The Bertz CT molecular complexity index is 1450. The van der Waals surface area contributed by atoms with Crippen LogP contribution in [-0.4, -0.2) is 56.2 Å². The number of rotatable bonds is 3. The van der Waals surface area contributed by atoms with Crippen LogP contribution in [0.3, 0.4) is 0 Å². The number of halogens is 1. The van der Waals surface area contributed by atoms with E-state index >= 15 is 0 Å². The van der Waals surface area contributed by atoms with Gasteiger partial charge in [-0.05, 0) is 55.0 Å². The van der Waals surface area contributed by atoms with Crippen LogP contribution in [0.5, 0.6) is 0 Å². The van der Waals surface area contributed by atoms with E-state index in [9.17, 15) is 14.0 Å². The van der Waals surface area contributed by atoms with Crippen molar-refractivity contribution in [3.05, 3.63) is 57.3 Å². The average Bonchev–Trinajstić information content (AvgIpc) is 3.36. The Hall–Kier alpha value is -3.27. The number of fused-ring (bicyclic) bond motifs is 5. The van der Waals surface area contributed by atoms with Crippen LogP contribution in [0.4, 0.5) is 10.1 Å². The van der Waals surface area contributed by atoms with E-state index in [-0.39, 0.29) is 18.3 Å². The number of thiophene rings is 1. The first-order valence-electron chi connectivity index (χ1n) is 11.6. The number of anilines is 1. The van der Waals surface area contributed by atoms with Crippen molar-refractivity contribution in [2.24, 2.45) is 5.92 Å². The van der Waals surface area contributed by atoms with Crippen LogP contribution in [0.1, 0.15) is 23.8 Å². The van der Waals surface area contributed by atoms with Gasteiger partial charge >= 0.3 is 5.69 Å². The lowest BCUT2D eigenvalue weighted by atomic mass is 9.89. The molecule has 0 unspecified atom stereocenters. The second-order valence-corrected chi connectivity index (χ2v) is 10.3. The number of nitrogens with zero attached hydrogens (tertiary/aromatic N) is 6. The summed E-state index contributed by atoms with van der Waals surface area (Å²) in [5, 5.41) is 0.964. The number of aromatic nitrogens is 4. The zero-order valence-corrected chi connectivity index (χ0v) is 19.7. The van der Waals surface area contributed by atoms with Crippen LogP contribution in [0.25, 0.3) is 15.9 Å². The van der Waals surface area contributed by atoms with E-state index in [0.29, 0.717) is 37.7 Å². The molecule has 3 aromatic heterocycles. The summed E-state index contributed by atoms with van der Waals surface area (Å²) in [6.07, 6.45) is 4.73. The summed E-state index contributed by atoms with van der Waals surface area (Å²) in [5.74, 6) is 0.265. The second kappa shape index (κ2) is 8.19. The van der Waals surface area contributed by atoms with Crippen LogP contribution in [0.2, 0.25) is 0 Å². The third-order valence-corrected chi connectivity index (χ3v) is 8.17. The van der Waals surface area contributed by atoms with Crippen LogP contribution >= 0.6 is 11.3 Å². The number of amides is 1. The Morgan fingerprint density at radius 3 is 2.71 bits per heavy atom. The molecule has 6 rings (SSSR count). The molecule has 1 aliphatic carbocycles. The molecule has 10 heteroatoms. The molecule has 1 amide bonds. The number of hydrogen-bond donors (Lipinski definition) is 0. The van der Waals surface area contributed by atoms with Crippen molar-refractivity contribution in [3.8, 4) is 0 Å². The van der Waals surface area contributed by atoms with E-state index in [1.54, 1.807) is 39.2 Å². The molecule has 1 atom stereocenters. The monoisotopic (exact) mass is 480 g/mol. The summed E-state index contributed by atoms with van der Waals surface area (Å²) < 4.78 is 16.2. The highest BCUT2D eigenvalue weighted by Gasteiger charge is 2.26. The lowest BCUT2D eigenvalue weighted by molar-refractivity contribution is -0.132.